The molecule has 0 bridgehead atoms. The molecule has 0 aliphatic heterocycles. The molecule has 4 N–H and O–H groups in total. The molecule has 2 atom stereocenters. The Bertz CT molecular complexity index is 667. The van der Waals surface area contributed by atoms with Gasteiger partial charge in [-0.2, -0.15) is 0 Å². The third kappa shape index (κ3) is 3.44. The molecule has 0 amide bonds. The summed E-state index contributed by atoms with van der Waals surface area (Å²) in [5.41, 5.74) is 0.856. The third-order valence-corrected chi connectivity index (χ3v) is 4.03. The Morgan fingerprint density at radius 2 is 2.05 bits per heavy atom. The molecule has 0 fully saturated rings. The molecule has 0 spiro atoms. The minimum absolute atomic E-state index is 0.0261. The summed E-state index contributed by atoms with van der Waals surface area (Å²) < 4.78 is 22.7. The fourth-order valence-corrected chi connectivity index (χ4v) is 2.59. The van der Waals surface area contributed by atoms with Crippen LogP contribution in [0, 0.1) is 0 Å². The first kappa shape index (κ1) is 14.7. The highest BCUT2D eigenvalue weighted by Crippen LogP contribution is 2.19. The third-order valence-electron chi connectivity index (χ3n) is 3.12. The maximum absolute atomic E-state index is 11.4. The predicted molar refractivity (Wildman–Crippen MR) is 76.4 cm³/mol. The lowest BCUT2D eigenvalue weighted by Crippen LogP contribution is -2.23. The quantitative estimate of drug-likeness (QED) is 0.777. The van der Waals surface area contributed by atoms with Gasteiger partial charge in [-0.05, 0) is 31.5 Å². The largest absolute Gasteiger partial charge is 0.347 e. The van der Waals surface area contributed by atoms with Gasteiger partial charge in [0, 0.05) is 18.4 Å². The van der Waals surface area contributed by atoms with Gasteiger partial charge in [-0.1, -0.05) is 12.1 Å². The Balaban J connectivity index is 2.15. The number of aromatic nitrogens is 2. The van der Waals surface area contributed by atoms with Crippen molar-refractivity contribution in [3.8, 4) is 0 Å². The average Bonchev–Trinajstić information content (AvgIpc) is 2.91. The van der Waals surface area contributed by atoms with Crippen molar-refractivity contribution in [1.29, 1.82) is 0 Å². The minimum atomic E-state index is -3.68. The molecule has 20 heavy (non-hydrogen) atoms. The lowest BCUT2D eigenvalue weighted by Gasteiger charge is -2.19. The number of H-pyrrole nitrogens is 1. The first-order valence-electron chi connectivity index (χ1n) is 6.26. The molecular formula is C13H18N4O2S. The predicted octanol–water partition coefficient (Wildman–Crippen LogP) is 1.47. The normalized spacial score (nSPS) is 14.9. The molecule has 0 aliphatic carbocycles. The first-order chi connectivity index (χ1) is 9.38. The van der Waals surface area contributed by atoms with Crippen LogP contribution in [-0.2, 0) is 10.0 Å². The van der Waals surface area contributed by atoms with Crippen molar-refractivity contribution in [3.63, 3.8) is 0 Å². The summed E-state index contributed by atoms with van der Waals surface area (Å²) in [5.74, 6) is 0.833. The van der Waals surface area contributed by atoms with Crippen LogP contribution in [0.25, 0.3) is 0 Å². The van der Waals surface area contributed by atoms with E-state index in [9.17, 15) is 8.42 Å². The van der Waals surface area contributed by atoms with Crippen LogP contribution in [0.1, 0.15) is 37.3 Å². The van der Waals surface area contributed by atoms with Crippen LogP contribution < -0.4 is 10.5 Å². The Morgan fingerprint density at radius 1 is 1.30 bits per heavy atom. The second kappa shape index (κ2) is 5.74. The second-order valence-electron chi connectivity index (χ2n) is 4.70. The molecule has 6 nitrogen and oxygen atoms in total. The fraction of sp³-hybridized carbons (Fsp3) is 0.308. The Hall–Kier alpha value is -1.70. The summed E-state index contributed by atoms with van der Waals surface area (Å²) in [6.45, 7) is 3.94. The molecule has 1 aromatic heterocycles. The van der Waals surface area contributed by atoms with Gasteiger partial charge in [0.25, 0.3) is 0 Å². The van der Waals surface area contributed by atoms with Crippen LogP contribution in [0.15, 0.2) is 41.6 Å². The van der Waals surface area contributed by atoms with Crippen LogP contribution in [-0.4, -0.2) is 18.4 Å². The number of nitrogens with zero attached hydrogens (tertiary/aromatic N) is 1. The van der Waals surface area contributed by atoms with Gasteiger partial charge in [0.05, 0.1) is 10.9 Å². The highest BCUT2D eigenvalue weighted by molar-refractivity contribution is 7.89. The minimum Gasteiger partial charge on any atom is -0.347 e. The Kier molecular flexibility index (Phi) is 4.22. The summed E-state index contributed by atoms with van der Waals surface area (Å²) in [7, 11) is -3.68. The Labute approximate surface area is 118 Å². The monoisotopic (exact) mass is 294 g/mol. The van der Waals surface area contributed by atoms with Crippen molar-refractivity contribution in [3.05, 3.63) is 48.0 Å². The van der Waals surface area contributed by atoms with Crippen LogP contribution in [0.5, 0.6) is 0 Å². The van der Waals surface area contributed by atoms with Gasteiger partial charge in [0.1, 0.15) is 5.82 Å². The number of hydrogen-bond donors (Lipinski definition) is 3. The molecule has 2 rings (SSSR count). The SMILES string of the molecule is CC(NC(C)c1ncc[nH]1)c1cccc(S(N)(=O)=O)c1. The van der Waals surface area contributed by atoms with E-state index in [1.54, 1.807) is 24.5 Å². The lowest BCUT2D eigenvalue weighted by atomic mass is 10.1. The maximum Gasteiger partial charge on any atom is 0.238 e. The van der Waals surface area contributed by atoms with E-state index in [2.05, 4.69) is 15.3 Å². The van der Waals surface area contributed by atoms with Crippen molar-refractivity contribution in [1.82, 2.24) is 15.3 Å². The number of aromatic amines is 1. The summed E-state index contributed by atoms with van der Waals surface area (Å²) >= 11 is 0. The van der Waals surface area contributed by atoms with Gasteiger partial charge in [-0.25, -0.2) is 18.5 Å². The van der Waals surface area contributed by atoms with Gasteiger partial charge in [0.2, 0.25) is 10.0 Å². The number of nitrogens with one attached hydrogen (secondary N) is 2. The Morgan fingerprint density at radius 3 is 2.65 bits per heavy atom. The highest BCUT2D eigenvalue weighted by Gasteiger charge is 2.15. The molecule has 1 aromatic carbocycles. The zero-order valence-corrected chi connectivity index (χ0v) is 12.2. The van der Waals surface area contributed by atoms with E-state index in [1.807, 2.05) is 19.9 Å². The van der Waals surface area contributed by atoms with Gasteiger partial charge in [0.15, 0.2) is 0 Å². The summed E-state index contributed by atoms with van der Waals surface area (Å²) in [6, 6.07) is 6.62. The molecule has 7 heteroatoms. The van der Waals surface area contributed by atoms with E-state index >= 15 is 0 Å². The van der Waals surface area contributed by atoms with Gasteiger partial charge >= 0.3 is 0 Å². The van der Waals surface area contributed by atoms with Crippen LogP contribution in [0.4, 0.5) is 0 Å². The van der Waals surface area contributed by atoms with Crippen molar-refractivity contribution in [2.24, 2.45) is 5.14 Å². The van der Waals surface area contributed by atoms with Crippen LogP contribution in [0.3, 0.4) is 0 Å². The number of nitrogens with two attached hydrogens (primary N) is 1. The molecule has 0 saturated heterocycles. The van der Waals surface area contributed by atoms with E-state index in [0.717, 1.165) is 11.4 Å². The number of rotatable bonds is 5. The van der Waals surface area contributed by atoms with Gasteiger partial charge in [-0.15, -0.1) is 0 Å². The average molecular weight is 294 g/mol. The fourth-order valence-electron chi connectivity index (χ4n) is 2.03. The summed E-state index contributed by atoms with van der Waals surface area (Å²) in [5, 5.41) is 8.49. The molecular weight excluding hydrogens is 276 g/mol. The number of primary sulfonamides is 1. The number of hydrogen-bond acceptors (Lipinski definition) is 4. The van der Waals surface area contributed by atoms with E-state index < -0.39 is 10.0 Å². The molecule has 1 heterocycles. The molecule has 2 aromatic rings. The van der Waals surface area contributed by atoms with E-state index in [0.29, 0.717) is 0 Å². The van der Waals surface area contributed by atoms with Crippen molar-refractivity contribution < 1.29 is 8.42 Å². The highest BCUT2D eigenvalue weighted by atomic mass is 32.2. The number of benzene rings is 1. The zero-order chi connectivity index (χ0) is 14.8. The molecule has 0 saturated carbocycles. The molecule has 108 valence electrons. The maximum atomic E-state index is 11.4. The standard InChI is InChI=1S/C13H18N4O2S/c1-9(17-10(2)13-15-6-7-16-13)11-4-3-5-12(8-11)20(14,18)19/h3-10,17H,1-2H3,(H,15,16)(H2,14,18,19). The smallest absolute Gasteiger partial charge is 0.238 e. The van der Waals surface area contributed by atoms with Gasteiger partial charge in [-0.3, -0.25) is 0 Å². The van der Waals surface area contributed by atoms with Crippen molar-refractivity contribution in [2.45, 2.75) is 30.8 Å². The molecule has 0 aliphatic rings. The number of imidazole rings is 1. The molecule has 2 unspecified atom stereocenters. The van der Waals surface area contributed by atoms with E-state index in [1.165, 1.54) is 6.07 Å². The van der Waals surface area contributed by atoms with E-state index in [4.69, 9.17) is 5.14 Å². The summed E-state index contributed by atoms with van der Waals surface area (Å²) in [6.07, 6.45) is 3.46. The van der Waals surface area contributed by atoms with Crippen molar-refractivity contribution >= 4 is 10.0 Å². The first-order valence-corrected chi connectivity index (χ1v) is 7.80. The van der Waals surface area contributed by atoms with Crippen LogP contribution in [0.2, 0.25) is 0 Å². The topological polar surface area (TPSA) is 101 Å². The van der Waals surface area contributed by atoms with E-state index in [-0.39, 0.29) is 17.0 Å². The summed E-state index contributed by atoms with van der Waals surface area (Å²) in [4.78, 5) is 7.35. The lowest BCUT2D eigenvalue weighted by molar-refractivity contribution is 0.478. The van der Waals surface area contributed by atoms with Crippen molar-refractivity contribution in [2.75, 3.05) is 0 Å². The second-order valence-corrected chi connectivity index (χ2v) is 6.26. The van der Waals surface area contributed by atoms with Gasteiger partial charge < -0.3 is 10.3 Å². The number of sulfonamides is 1. The molecule has 0 radical (unpaired) electrons. The zero-order valence-electron chi connectivity index (χ0n) is 11.4. The van der Waals surface area contributed by atoms with Crippen LogP contribution >= 0.6 is 0 Å².